The monoisotopic (exact) mass is 399 g/mol. The van der Waals surface area contributed by atoms with Crippen molar-refractivity contribution >= 4 is 5.69 Å². The second-order valence-corrected chi connectivity index (χ2v) is 5.71. The average molecular weight is 399 g/mol. The van der Waals surface area contributed by atoms with Crippen LogP contribution < -0.4 is 10.1 Å². The van der Waals surface area contributed by atoms with E-state index in [1.54, 1.807) is 0 Å². The predicted molar refractivity (Wildman–Crippen MR) is 76.3 cm³/mol. The maximum absolute atomic E-state index is 14.2. The Balaban J connectivity index is 2.12. The normalized spacial score (nSPS) is 21.1. The molecule has 1 aliphatic carbocycles. The number of hydrogen-bond donors (Lipinski definition) is 2. The van der Waals surface area contributed by atoms with Gasteiger partial charge in [-0.05, 0) is 12.1 Å². The van der Waals surface area contributed by atoms with E-state index in [1.165, 1.54) is 0 Å². The topological polar surface area (TPSA) is 41.5 Å². The molecule has 3 nitrogen and oxygen atoms in total. The molecule has 0 fully saturated rings. The number of rotatable bonds is 3. The Morgan fingerprint density at radius 3 is 2.15 bits per heavy atom. The van der Waals surface area contributed by atoms with Gasteiger partial charge in [0.2, 0.25) is 0 Å². The molecular weight excluding hydrogens is 390 g/mol. The Kier molecular flexibility index (Phi) is 4.45. The standard InChI is InChI=1S/C16H9F8NO2/c17-6-3-7(18)5-8(4-6)27-10-2-1-9(25-16(22,23)24)11-12(10)13(19)15(20,21)14(11)26/h1-5,13-14,25-26H. The summed E-state index contributed by atoms with van der Waals surface area (Å²) in [5, 5.41) is 10.6. The molecule has 0 heterocycles. The smallest absolute Gasteiger partial charge is 0.457 e. The number of hydrogen-bond acceptors (Lipinski definition) is 3. The number of fused-ring (bicyclic) bond motifs is 1. The quantitative estimate of drug-likeness (QED) is 0.538. The minimum Gasteiger partial charge on any atom is -0.457 e. The SMILES string of the molecule is OC1c2c(NC(F)(F)F)ccc(Oc3cc(F)cc(F)c3)c2C(F)C1(F)F. The lowest BCUT2D eigenvalue weighted by molar-refractivity contribution is -0.143. The molecule has 0 saturated heterocycles. The molecule has 2 atom stereocenters. The highest BCUT2D eigenvalue weighted by atomic mass is 19.4. The van der Waals surface area contributed by atoms with Gasteiger partial charge in [-0.2, -0.15) is 22.0 Å². The first-order chi connectivity index (χ1) is 12.4. The summed E-state index contributed by atoms with van der Waals surface area (Å²) < 4.78 is 111. The third kappa shape index (κ3) is 3.51. The summed E-state index contributed by atoms with van der Waals surface area (Å²) >= 11 is 0. The molecule has 2 N–H and O–H groups in total. The van der Waals surface area contributed by atoms with E-state index in [2.05, 4.69) is 0 Å². The molecule has 0 spiro atoms. The van der Waals surface area contributed by atoms with Gasteiger partial charge in [0.15, 0.2) is 6.17 Å². The van der Waals surface area contributed by atoms with Crippen molar-refractivity contribution in [1.29, 1.82) is 0 Å². The minimum atomic E-state index is -5.05. The van der Waals surface area contributed by atoms with Crippen molar-refractivity contribution in [3.05, 3.63) is 53.1 Å². The Hall–Kier alpha value is -2.56. The minimum absolute atomic E-state index is 0.490. The molecule has 0 bridgehead atoms. The van der Waals surface area contributed by atoms with Crippen LogP contribution in [0.4, 0.5) is 40.8 Å². The van der Waals surface area contributed by atoms with E-state index in [9.17, 15) is 40.2 Å². The molecule has 0 aliphatic heterocycles. The zero-order chi connectivity index (χ0) is 20.1. The van der Waals surface area contributed by atoms with Crippen molar-refractivity contribution in [1.82, 2.24) is 0 Å². The number of alkyl halides is 6. The summed E-state index contributed by atoms with van der Waals surface area (Å²) in [4.78, 5) is 0. The summed E-state index contributed by atoms with van der Waals surface area (Å²) in [6.45, 7) is 0. The van der Waals surface area contributed by atoms with Crippen molar-refractivity contribution < 1.29 is 45.0 Å². The Morgan fingerprint density at radius 2 is 1.59 bits per heavy atom. The lowest BCUT2D eigenvalue weighted by Gasteiger charge is -2.18. The lowest BCUT2D eigenvalue weighted by atomic mass is 10.1. The zero-order valence-electron chi connectivity index (χ0n) is 12.9. The van der Waals surface area contributed by atoms with Gasteiger partial charge in [0.05, 0.1) is 0 Å². The van der Waals surface area contributed by atoms with Crippen LogP contribution in [0.3, 0.4) is 0 Å². The molecular formula is C16H9F8NO2. The van der Waals surface area contributed by atoms with Crippen LogP contribution in [0.15, 0.2) is 30.3 Å². The van der Waals surface area contributed by atoms with Gasteiger partial charge in [-0.25, -0.2) is 13.2 Å². The lowest BCUT2D eigenvalue weighted by Crippen LogP contribution is -2.25. The first-order valence-corrected chi connectivity index (χ1v) is 7.25. The largest absolute Gasteiger partial charge is 0.482 e. The Morgan fingerprint density at radius 1 is 1.00 bits per heavy atom. The van der Waals surface area contributed by atoms with E-state index in [0.717, 1.165) is 11.4 Å². The molecule has 0 aromatic heterocycles. The second kappa shape index (κ2) is 6.25. The fourth-order valence-electron chi connectivity index (χ4n) is 2.76. The molecule has 2 aromatic rings. The number of benzene rings is 2. The van der Waals surface area contributed by atoms with Crippen LogP contribution >= 0.6 is 0 Å². The van der Waals surface area contributed by atoms with E-state index in [0.29, 0.717) is 24.3 Å². The van der Waals surface area contributed by atoms with E-state index in [4.69, 9.17) is 4.74 Å². The molecule has 146 valence electrons. The molecule has 0 saturated carbocycles. The highest BCUT2D eigenvalue weighted by Gasteiger charge is 2.58. The first kappa shape index (κ1) is 19.2. The molecule has 2 unspecified atom stereocenters. The highest BCUT2D eigenvalue weighted by Crippen LogP contribution is 2.58. The van der Waals surface area contributed by atoms with Gasteiger partial charge in [-0.15, -0.1) is 0 Å². The van der Waals surface area contributed by atoms with Gasteiger partial charge < -0.3 is 9.84 Å². The van der Waals surface area contributed by atoms with Crippen LogP contribution in [0.2, 0.25) is 0 Å². The fraction of sp³-hybridized carbons (Fsp3) is 0.250. The van der Waals surface area contributed by atoms with Crippen molar-refractivity contribution in [3.63, 3.8) is 0 Å². The van der Waals surface area contributed by atoms with Crippen LogP contribution in [0.1, 0.15) is 23.4 Å². The third-order valence-corrected chi connectivity index (χ3v) is 3.82. The number of halogens is 8. The maximum atomic E-state index is 14.2. The van der Waals surface area contributed by atoms with Crippen LogP contribution in [-0.4, -0.2) is 17.3 Å². The van der Waals surface area contributed by atoms with Crippen molar-refractivity contribution in [2.45, 2.75) is 24.5 Å². The number of anilines is 1. The van der Waals surface area contributed by atoms with Crippen molar-refractivity contribution in [2.24, 2.45) is 0 Å². The van der Waals surface area contributed by atoms with Gasteiger partial charge in [0.1, 0.15) is 29.2 Å². The average Bonchev–Trinajstić information content (AvgIpc) is 2.69. The zero-order valence-corrected chi connectivity index (χ0v) is 12.9. The second-order valence-electron chi connectivity index (χ2n) is 5.71. The first-order valence-electron chi connectivity index (χ1n) is 7.25. The summed E-state index contributed by atoms with van der Waals surface area (Å²) in [7, 11) is 0. The van der Waals surface area contributed by atoms with E-state index in [-0.39, 0.29) is 0 Å². The van der Waals surface area contributed by atoms with Gasteiger partial charge in [0, 0.05) is 35.0 Å². The molecule has 11 heteroatoms. The fourth-order valence-corrected chi connectivity index (χ4v) is 2.76. The predicted octanol–water partition coefficient (Wildman–Crippen LogP) is 5.38. The summed E-state index contributed by atoms with van der Waals surface area (Å²) in [6, 6.07) is 3.16. The van der Waals surface area contributed by atoms with E-state index >= 15 is 0 Å². The van der Waals surface area contributed by atoms with Crippen LogP contribution in [-0.2, 0) is 0 Å². The van der Waals surface area contributed by atoms with Gasteiger partial charge in [-0.3, -0.25) is 5.32 Å². The van der Waals surface area contributed by atoms with Gasteiger partial charge in [0.25, 0.3) is 0 Å². The maximum Gasteiger partial charge on any atom is 0.482 e. The molecule has 0 amide bonds. The Labute approximate surface area is 146 Å². The molecule has 1 aliphatic rings. The van der Waals surface area contributed by atoms with Crippen LogP contribution in [0, 0.1) is 11.6 Å². The molecule has 27 heavy (non-hydrogen) atoms. The highest BCUT2D eigenvalue weighted by molar-refractivity contribution is 5.65. The third-order valence-electron chi connectivity index (χ3n) is 3.82. The number of nitrogens with one attached hydrogen (secondary N) is 1. The van der Waals surface area contributed by atoms with E-state index in [1.807, 2.05) is 0 Å². The van der Waals surface area contributed by atoms with Crippen molar-refractivity contribution in [3.8, 4) is 11.5 Å². The Bertz CT molecular complexity index is 863. The molecule has 3 rings (SSSR count). The number of ether oxygens (including phenoxy) is 1. The summed E-state index contributed by atoms with van der Waals surface area (Å²) in [5.41, 5.74) is -3.10. The number of aliphatic hydroxyl groups excluding tert-OH is 1. The van der Waals surface area contributed by atoms with Crippen LogP contribution in [0.25, 0.3) is 0 Å². The van der Waals surface area contributed by atoms with Gasteiger partial charge in [-0.1, -0.05) is 0 Å². The van der Waals surface area contributed by atoms with E-state index < -0.39 is 64.4 Å². The summed E-state index contributed by atoms with van der Waals surface area (Å²) in [5.74, 6) is -7.86. The molecule has 0 radical (unpaired) electrons. The molecule has 2 aromatic carbocycles. The van der Waals surface area contributed by atoms with Crippen LogP contribution in [0.5, 0.6) is 11.5 Å². The number of aliphatic hydroxyl groups is 1. The van der Waals surface area contributed by atoms with Crippen molar-refractivity contribution in [2.75, 3.05) is 5.32 Å². The summed E-state index contributed by atoms with van der Waals surface area (Å²) in [6.07, 6.45) is -11.1. The van der Waals surface area contributed by atoms with Gasteiger partial charge >= 0.3 is 12.2 Å².